The minimum Gasteiger partial charge on any atom is -0.480 e. The third kappa shape index (κ3) is 3.06. The Bertz CT molecular complexity index is 227. The average molecular weight is 205 g/mol. The van der Waals surface area contributed by atoms with E-state index < -0.39 is 23.8 Å². The third-order valence-corrected chi connectivity index (χ3v) is 1.79. The lowest BCUT2D eigenvalue weighted by molar-refractivity contribution is -0.155. The van der Waals surface area contributed by atoms with Gasteiger partial charge in [-0.3, -0.25) is 14.5 Å². The van der Waals surface area contributed by atoms with Gasteiger partial charge in [-0.2, -0.15) is 12.6 Å². The first kappa shape index (κ1) is 12.0. The van der Waals surface area contributed by atoms with Crippen LogP contribution in [0.1, 0.15) is 13.8 Å². The summed E-state index contributed by atoms with van der Waals surface area (Å²) < 4.78 is 0. The molecule has 1 N–H and O–H groups in total. The number of carboxylic acids is 1. The molecule has 6 heteroatoms. The van der Waals surface area contributed by atoms with Crippen molar-refractivity contribution in [1.29, 1.82) is 0 Å². The molecule has 0 spiro atoms. The van der Waals surface area contributed by atoms with Gasteiger partial charge in [0.15, 0.2) is 0 Å². The second kappa shape index (κ2) is 4.86. The Kier molecular flexibility index (Phi) is 4.47. The van der Waals surface area contributed by atoms with Crippen LogP contribution in [0.2, 0.25) is 0 Å². The van der Waals surface area contributed by atoms with Crippen LogP contribution in [0.25, 0.3) is 0 Å². The van der Waals surface area contributed by atoms with Gasteiger partial charge in [-0.25, -0.2) is 4.79 Å². The minimum atomic E-state index is -1.24. The molecule has 0 radical (unpaired) electrons. The Labute approximate surface area is 81.1 Å². The fourth-order valence-corrected chi connectivity index (χ4v) is 1.25. The molecule has 74 valence electrons. The number of imide groups is 1. The first-order valence-electron chi connectivity index (χ1n) is 3.55. The predicted molar refractivity (Wildman–Crippen MR) is 48.5 cm³/mol. The highest BCUT2D eigenvalue weighted by atomic mass is 32.1. The first-order chi connectivity index (χ1) is 5.91. The molecule has 0 aromatic carbocycles. The van der Waals surface area contributed by atoms with E-state index in [1.165, 1.54) is 0 Å². The highest BCUT2D eigenvalue weighted by Crippen LogP contribution is 2.03. The first-order valence-corrected chi connectivity index (χ1v) is 4.19. The summed E-state index contributed by atoms with van der Waals surface area (Å²) in [5.74, 6) is -2.50. The number of thiol groups is 1. The van der Waals surface area contributed by atoms with E-state index >= 15 is 0 Å². The molecule has 0 aliphatic carbocycles. The minimum absolute atomic E-state index is 0.0888. The van der Waals surface area contributed by atoms with Crippen LogP contribution in [0.5, 0.6) is 0 Å². The van der Waals surface area contributed by atoms with Gasteiger partial charge in [0.2, 0.25) is 11.8 Å². The number of carboxylic acid groups (broad SMARTS) is 1. The number of aliphatic carboxylic acids is 1. The number of carbonyl (C=O) groups is 3. The molecule has 0 fully saturated rings. The van der Waals surface area contributed by atoms with E-state index in [0.29, 0.717) is 4.90 Å². The maximum absolute atomic E-state index is 10.9. The fraction of sp³-hybridized carbons (Fsp3) is 0.571. The zero-order valence-corrected chi connectivity index (χ0v) is 8.25. The molecule has 0 aliphatic rings. The molecule has 1 atom stereocenters. The number of rotatable bonds is 3. The van der Waals surface area contributed by atoms with Gasteiger partial charge in [0, 0.05) is 19.6 Å². The Morgan fingerprint density at radius 2 is 1.69 bits per heavy atom. The van der Waals surface area contributed by atoms with E-state index in [1.54, 1.807) is 0 Å². The lowest BCUT2D eigenvalue weighted by Gasteiger charge is -2.23. The summed E-state index contributed by atoms with van der Waals surface area (Å²) in [6, 6.07) is -1.18. The number of hydrogen-bond acceptors (Lipinski definition) is 4. The van der Waals surface area contributed by atoms with E-state index in [1.807, 2.05) is 0 Å². The molecule has 0 saturated carbocycles. The van der Waals surface area contributed by atoms with E-state index in [4.69, 9.17) is 5.11 Å². The molecule has 13 heavy (non-hydrogen) atoms. The second-order valence-electron chi connectivity index (χ2n) is 2.44. The van der Waals surface area contributed by atoms with Crippen molar-refractivity contribution in [3.8, 4) is 0 Å². The summed E-state index contributed by atoms with van der Waals surface area (Å²) in [5.41, 5.74) is 0. The molecular formula is C7H11NO4S. The van der Waals surface area contributed by atoms with Gasteiger partial charge in [-0.05, 0) is 0 Å². The van der Waals surface area contributed by atoms with Crippen LogP contribution in [0.4, 0.5) is 0 Å². The summed E-state index contributed by atoms with van der Waals surface area (Å²) in [6.45, 7) is 2.28. The fourth-order valence-electron chi connectivity index (χ4n) is 0.931. The van der Waals surface area contributed by atoms with Crippen molar-refractivity contribution in [3.05, 3.63) is 0 Å². The Morgan fingerprint density at radius 1 is 1.31 bits per heavy atom. The van der Waals surface area contributed by atoms with Crippen molar-refractivity contribution < 1.29 is 19.5 Å². The number of hydrogen-bond donors (Lipinski definition) is 2. The van der Waals surface area contributed by atoms with Crippen molar-refractivity contribution in [3.63, 3.8) is 0 Å². The van der Waals surface area contributed by atoms with Crippen LogP contribution in [-0.2, 0) is 14.4 Å². The SMILES string of the molecule is CC(=O)N(C(C)=O)[C@@H](CS)C(=O)O. The van der Waals surface area contributed by atoms with Crippen molar-refractivity contribution in [1.82, 2.24) is 4.90 Å². The molecule has 5 nitrogen and oxygen atoms in total. The van der Waals surface area contributed by atoms with Crippen molar-refractivity contribution in [2.75, 3.05) is 5.75 Å². The Hall–Kier alpha value is -1.04. The normalized spacial score (nSPS) is 11.9. The number of nitrogens with zero attached hydrogens (tertiary/aromatic N) is 1. The van der Waals surface area contributed by atoms with E-state index in [9.17, 15) is 14.4 Å². The molecule has 0 unspecified atom stereocenters. The van der Waals surface area contributed by atoms with Gasteiger partial charge >= 0.3 is 5.97 Å². The average Bonchev–Trinajstić information content (AvgIpc) is 1.97. The lowest BCUT2D eigenvalue weighted by Crippen LogP contribution is -2.47. The van der Waals surface area contributed by atoms with Crippen molar-refractivity contribution >= 4 is 30.4 Å². The maximum Gasteiger partial charge on any atom is 0.327 e. The monoisotopic (exact) mass is 205 g/mol. The molecular weight excluding hydrogens is 194 g/mol. The van der Waals surface area contributed by atoms with E-state index in [0.717, 1.165) is 13.8 Å². The highest BCUT2D eigenvalue weighted by Gasteiger charge is 2.29. The van der Waals surface area contributed by atoms with Gasteiger partial charge < -0.3 is 5.11 Å². The zero-order chi connectivity index (χ0) is 10.6. The number of amides is 2. The molecule has 0 heterocycles. The lowest BCUT2D eigenvalue weighted by atomic mass is 10.3. The largest absolute Gasteiger partial charge is 0.480 e. The predicted octanol–water partition coefficient (Wildman–Crippen LogP) is -0.236. The Balaban J connectivity index is 4.80. The van der Waals surface area contributed by atoms with Gasteiger partial charge in [0.25, 0.3) is 0 Å². The standard InChI is InChI=1S/C7H11NO4S/c1-4(9)8(5(2)10)6(3-13)7(11)12/h6,13H,3H2,1-2H3,(H,11,12)/t6-/m0/s1. The summed E-state index contributed by atoms with van der Waals surface area (Å²) in [7, 11) is 0. The van der Waals surface area contributed by atoms with Crippen LogP contribution in [-0.4, -0.2) is 39.6 Å². The molecule has 0 aromatic rings. The molecule has 0 saturated heterocycles. The van der Waals surface area contributed by atoms with Crippen LogP contribution in [0, 0.1) is 0 Å². The maximum atomic E-state index is 10.9. The summed E-state index contributed by atoms with van der Waals surface area (Å²) in [6.07, 6.45) is 0. The second-order valence-corrected chi connectivity index (χ2v) is 2.81. The van der Waals surface area contributed by atoms with Gasteiger partial charge in [-0.1, -0.05) is 0 Å². The molecule has 0 bridgehead atoms. The molecule has 0 aromatic heterocycles. The van der Waals surface area contributed by atoms with Gasteiger partial charge in [0.05, 0.1) is 0 Å². The summed E-state index contributed by atoms with van der Waals surface area (Å²) in [4.78, 5) is 33.1. The van der Waals surface area contributed by atoms with Gasteiger partial charge in [-0.15, -0.1) is 0 Å². The van der Waals surface area contributed by atoms with Crippen LogP contribution in [0.15, 0.2) is 0 Å². The summed E-state index contributed by atoms with van der Waals surface area (Å²) in [5, 5.41) is 8.65. The smallest absolute Gasteiger partial charge is 0.327 e. The van der Waals surface area contributed by atoms with Crippen molar-refractivity contribution in [2.45, 2.75) is 19.9 Å². The van der Waals surface area contributed by atoms with Crippen LogP contribution in [0.3, 0.4) is 0 Å². The van der Waals surface area contributed by atoms with Crippen molar-refractivity contribution in [2.24, 2.45) is 0 Å². The van der Waals surface area contributed by atoms with Gasteiger partial charge in [0.1, 0.15) is 6.04 Å². The summed E-state index contributed by atoms with van der Waals surface area (Å²) >= 11 is 3.76. The quantitative estimate of drug-likeness (QED) is 0.624. The molecule has 0 aliphatic heterocycles. The molecule has 2 amide bonds. The van der Waals surface area contributed by atoms with E-state index in [-0.39, 0.29) is 5.75 Å². The van der Waals surface area contributed by atoms with Crippen LogP contribution < -0.4 is 0 Å². The number of carbonyl (C=O) groups excluding carboxylic acids is 2. The van der Waals surface area contributed by atoms with Crippen LogP contribution >= 0.6 is 12.6 Å². The topological polar surface area (TPSA) is 74.7 Å². The highest BCUT2D eigenvalue weighted by molar-refractivity contribution is 7.80. The third-order valence-electron chi connectivity index (χ3n) is 1.45. The Morgan fingerprint density at radius 3 is 1.77 bits per heavy atom. The van der Waals surface area contributed by atoms with E-state index in [2.05, 4.69) is 12.6 Å². The zero-order valence-electron chi connectivity index (χ0n) is 7.35. The molecule has 0 rings (SSSR count).